The van der Waals surface area contributed by atoms with Crippen molar-refractivity contribution in [2.45, 2.75) is 77.0 Å². The Bertz CT molecular complexity index is 1670. The zero-order valence-corrected chi connectivity index (χ0v) is 32.4. The van der Waals surface area contributed by atoms with Crippen LogP contribution in [0.25, 0.3) is 11.1 Å². The van der Waals surface area contributed by atoms with E-state index < -0.39 is 0 Å². The lowest BCUT2D eigenvalue weighted by Crippen LogP contribution is -2.01. The molecule has 10 heteroatoms. The first-order chi connectivity index (χ1) is 27.5. The van der Waals surface area contributed by atoms with Crippen molar-refractivity contribution >= 4 is 34.7 Å². The van der Waals surface area contributed by atoms with Crippen LogP contribution in [0.1, 0.15) is 77.0 Å². The average Bonchev–Trinajstić information content (AvgIpc) is 3.24. The van der Waals surface area contributed by atoms with Crippen LogP contribution in [-0.4, -0.2) is 38.4 Å². The number of carbonyl (C=O) groups is 2. The molecule has 4 aromatic carbocycles. The molecular weight excluding hydrogens is 705 g/mol. The van der Waals surface area contributed by atoms with E-state index in [1.54, 1.807) is 0 Å². The van der Waals surface area contributed by atoms with Crippen LogP contribution < -0.4 is 9.47 Å². The largest absolute Gasteiger partial charge is 0.494 e. The first-order valence-corrected chi connectivity index (χ1v) is 19.6. The van der Waals surface area contributed by atoms with Crippen molar-refractivity contribution < 1.29 is 28.5 Å². The van der Waals surface area contributed by atoms with Crippen LogP contribution in [0.2, 0.25) is 0 Å². The van der Waals surface area contributed by atoms with Gasteiger partial charge in [0.05, 0.1) is 49.2 Å². The smallest absolute Gasteiger partial charge is 0.330 e. The van der Waals surface area contributed by atoms with Crippen molar-refractivity contribution in [3.05, 3.63) is 122 Å². The molecule has 0 aliphatic carbocycles. The topological polar surface area (TPSA) is 120 Å². The van der Waals surface area contributed by atoms with E-state index in [1.807, 2.05) is 97.1 Å². The number of esters is 2. The van der Waals surface area contributed by atoms with Gasteiger partial charge in [-0.15, -0.1) is 0 Å². The van der Waals surface area contributed by atoms with Crippen LogP contribution in [-0.2, 0) is 19.1 Å². The molecule has 4 rings (SSSR count). The Kier molecular flexibility index (Phi) is 19.9. The maximum atomic E-state index is 11.0. The van der Waals surface area contributed by atoms with Gasteiger partial charge in [0.25, 0.3) is 0 Å². The third kappa shape index (κ3) is 17.5. The maximum Gasteiger partial charge on any atom is 0.330 e. The third-order valence-electron chi connectivity index (χ3n) is 8.74. The van der Waals surface area contributed by atoms with Gasteiger partial charge in [-0.05, 0) is 110 Å². The molecular formula is C46H54N4O6. The third-order valence-corrected chi connectivity index (χ3v) is 8.74. The fourth-order valence-electron chi connectivity index (χ4n) is 5.56. The van der Waals surface area contributed by atoms with Crippen LogP contribution in [0.15, 0.2) is 143 Å². The van der Waals surface area contributed by atoms with E-state index in [0.29, 0.717) is 26.4 Å². The van der Waals surface area contributed by atoms with E-state index in [0.717, 1.165) is 122 Å². The van der Waals surface area contributed by atoms with Gasteiger partial charge in [0, 0.05) is 12.2 Å². The summed E-state index contributed by atoms with van der Waals surface area (Å²) in [4.78, 5) is 22.0. The average molecular weight is 759 g/mol. The van der Waals surface area contributed by atoms with Crippen LogP contribution in [0, 0.1) is 0 Å². The first kappa shape index (κ1) is 42.8. The molecule has 294 valence electrons. The lowest BCUT2D eigenvalue weighted by Gasteiger charge is -2.06. The molecule has 0 aliphatic rings. The minimum atomic E-state index is -0.356. The minimum absolute atomic E-state index is 0.356. The second-order valence-electron chi connectivity index (χ2n) is 13.2. The molecule has 0 saturated carbocycles. The molecule has 0 atom stereocenters. The summed E-state index contributed by atoms with van der Waals surface area (Å²) in [6.45, 7) is 9.05. The van der Waals surface area contributed by atoms with Crippen molar-refractivity contribution in [2.24, 2.45) is 20.5 Å². The number of benzene rings is 4. The monoisotopic (exact) mass is 758 g/mol. The molecule has 0 radical (unpaired) electrons. The highest BCUT2D eigenvalue weighted by Gasteiger charge is 2.02. The number of carbonyl (C=O) groups excluding carboxylic acids is 2. The van der Waals surface area contributed by atoms with Crippen LogP contribution in [0.3, 0.4) is 0 Å². The molecule has 0 bridgehead atoms. The zero-order chi connectivity index (χ0) is 39.5. The van der Waals surface area contributed by atoms with Crippen LogP contribution >= 0.6 is 0 Å². The number of azo groups is 2. The fourth-order valence-corrected chi connectivity index (χ4v) is 5.56. The van der Waals surface area contributed by atoms with Crippen molar-refractivity contribution in [3.63, 3.8) is 0 Å². The Hall–Kier alpha value is -5.90. The summed E-state index contributed by atoms with van der Waals surface area (Å²) in [7, 11) is 0. The number of hydrogen-bond acceptors (Lipinski definition) is 10. The Morgan fingerprint density at radius 2 is 0.661 bits per heavy atom. The molecule has 0 amide bonds. The van der Waals surface area contributed by atoms with E-state index in [2.05, 4.69) is 33.6 Å². The molecule has 10 nitrogen and oxygen atoms in total. The second-order valence-corrected chi connectivity index (χ2v) is 13.2. The maximum absolute atomic E-state index is 11.0. The lowest BCUT2D eigenvalue weighted by molar-refractivity contribution is -0.138. The van der Waals surface area contributed by atoms with E-state index >= 15 is 0 Å². The normalized spacial score (nSPS) is 11.1. The Morgan fingerprint density at radius 3 is 0.964 bits per heavy atom. The predicted molar refractivity (Wildman–Crippen MR) is 222 cm³/mol. The Balaban J connectivity index is 1.09. The first-order valence-electron chi connectivity index (χ1n) is 19.6. The number of hydrogen-bond donors (Lipinski definition) is 0. The number of ether oxygens (including phenoxy) is 4. The summed E-state index contributed by atoms with van der Waals surface area (Å²) in [6, 6.07) is 31.2. The summed E-state index contributed by atoms with van der Waals surface area (Å²) in [6.07, 6.45) is 15.0. The predicted octanol–water partition coefficient (Wildman–Crippen LogP) is 13.1. The van der Waals surface area contributed by atoms with E-state index in [-0.39, 0.29) is 11.9 Å². The lowest BCUT2D eigenvalue weighted by atomic mass is 10.1. The van der Waals surface area contributed by atoms with Gasteiger partial charge in [0.15, 0.2) is 0 Å². The molecule has 56 heavy (non-hydrogen) atoms. The summed E-state index contributed by atoms with van der Waals surface area (Å²) in [5.41, 5.74) is 5.18. The summed E-state index contributed by atoms with van der Waals surface area (Å²) in [5, 5.41) is 17.6. The van der Waals surface area contributed by atoms with Gasteiger partial charge >= 0.3 is 11.9 Å². The van der Waals surface area contributed by atoms with Gasteiger partial charge in [-0.3, -0.25) is 0 Å². The molecule has 0 fully saturated rings. The zero-order valence-electron chi connectivity index (χ0n) is 32.4. The molecule has 0 aromatic heterocycles. The van der Waals surface area contributed by atoms with E-state index in [4.69, 9.17) is 18.9 Å². The minimum Gasteiger partial charge on any atom is -0.494 e. The SMILES string of the molecule is C=CC(=O)OCCCCCCCCOc1ccc(N=Nc2ccc(-c3ccc(N=Nc4ccc(OCCCCCCCCOC(=O)C=C)cc4)cc3)cc2)cc1. The highest BCUT2D eigenvalue weighted by molar-refractivity contribution is 5.81. The molecule has 0 heterocycles. The van der Waals surface area contributed by atoms with Gasteiger partial charge in [0.1, 0.15) is 11.5 Å². The molecule has 0 unspecified atom stereocenters. The second kappa shape index (κ2) is 26.0. The summed E-state index contributed by atoms with van der Waals surface area (Å²) in [5.74, 6) is 0.926. The van der Waals surface area contributed by atoms with E-state index in [1.165, 1.54) is 12.2 Å². The van der Waals surface area contributed by atoms with Crippen molar-refractivity contribution in [3.8, 4) is 22.6 Å². The molecule has 0 spiro atoms. The number of rotatable bonds is 27. The Labute approximate surface area is 331 Å². The van der Waals surface area contributed by atoms with Gasteiger partial charge in [0.2, 0.25) is 0 Å². The molecule has 4 aromatic rings. The molecule has 0 aliphatic heterocycles. The van der Waals surface area contributed by atoms with Crippen molar-refractivity contribution in [1.82, 2.24) is 0 Å². The van der Waals surface area contributed by atoms with Gasteiger partial charge in [-0.2, -0.15) is 20.5 Å². The standard InChI is InChI=1S/C46H54N4O6/c1-3-45(51)55-35-15-11-7-5-9-13-33-53-43-29-25-41(26-30-43)49-47-39-21-17-37(18-22-39)38-19-23-40(24-20-38)48-50-42-27-31-44(32-28-42)54-34-14-10-6-8-12-16-36-56-46(52)4-2/h3-4,17-32H,1-2,5-16,33-36H2. The highest BCUT2D eigenvalue weighted by Crippen LogP contribution is 2.28. The molecule has 0 N–H and O–H groups in total. The van der Waals surface area contributed by atoms with Gasteiger partial charge in [-0.25, -0.2) is 9.59 Å². The highest BCUT2D eigenvalue weighted by atomic mass is 16.5. The van der Waals surface area contributed by atoms with Crippen molar-refractivity contribution in [1.29, 1.82) is 0 Å². The number of nitrogens with zero attached hydrogens (tertiary/aromatic N) is 4. The number of unbranched alkanes of at least 4 members (excludes halogenated alkanes) is 10. The van der Waals surface area contributed by atoms with Crippen LogP contribution in [0.4, 0.5) is 22.7 Å². The quantitative estimate of drug-likeness (QED) is 0.0258. The Morgan fingerprint density at radius 1 is 0.393 bits per heavy atom. The van der Waals surface area contributed by atoms with E-state index in [9.17, 15) is 9.59 Å². The summed E-state index contributed by atoms with van der Waals surface area (Å²) < 4.78 is 21.7. The van der Waals surface area contributed by atoms with Gasteiger partial charge < -0.3 is 18.9 Å². The van der Waals surface area contributed by atoms with Crippen molar-refractivity contribution in [2.75, 3.05) is 26.4 Å². The molecule has 0 saturated heterocycles. The van der Waals surface area contributed by atoms with Gasteiger partial charge in [-0.1, -0.05) is 88.8 Å². The van der Waals surface area contributed by atoms with Crippen LogP contribution in [0.5, 0.6) is 11.5 Å². The fraction of sp³-hybridized carbons (Fsp3) is 0.348. The summed E-state index contributed by atoms with van der Waals surface area (Å²) >= 11 is 0.